The van der Waals surface area contributed by atoms with E-state index in [1.165, 1.54) is 0 Å². The Hall–Kier alpha value is -4.25. The Bertz CT molecular complexity index is 1320. The average Bonchev–Trinajstić information content (AvgIpc) is 3.40. The molecule has 0 aliphatic carbocycles. The van der Waals surface area contributed by atoms with E-state index in [0.29, 0.717) is 42.5 Å². The van der Waals surface area contributed by atoms with Gasteiger partial charge in [0.1, 0.15) is 54.3 Å². The van der Waals surface area contributed by atoms with Crippen LogP contribution in [0, 0.1) is 5.82 Å². The van der Waals surface area contributed by atoms with Crippen molar-refractivity contribution in [3.63, 3.8) is 0 Å². The summed E-state index contributed by atoms with van der Waals surface area (Å²) < 4.78 is 38.0. The van der Waals surface area contributed by atoms with E-state index in [2.05, 4.69) is 26.3 Å². The molecular weight excluding hydrogens is 467 g/mol. The average molecular weight is 497 g/mol. The number of rotatable bonds is 8. The van der Waals surface area contributed by atoms with E-state index in [4.69, 9.17) is 18.9 Å². The highest BCUT2D eigenvalue weighted by Crippen LogP contribution is 2.31. The summed E-state index contributed by atoms with van der Waals surface area (Å²) >= 11 is 0. The zero-order valence-corrected chi connectivity index (χ0v) is 20.7. The summed E-state index contributed by atoms with van der Waals surface area (Å²) in [4.78, 5) is 0. The fourth-order valence-corrected chi connectivity index (χ4v) is 4.40. The summed E-state index contributed by atoms with van der Waals surface area (Å²) in [6, 6.07) is 20.2. The van der Waals surface area contributed by atoms with Crippen LogP contribution in [0.1, 0.15) is 12.8 Å². The molecule has 0 radical (unpaired) electrons. The summed E-state index contributed by atoms with van der Waals surface area (Å²) in [5.41, 5.74) is 4.81. The van der Waals surface area contributed by atoms with Gasteiger partial charge in [-0.05, 0) is 58.2 Å². The van der Waals surface area contributed by atoms with Crippen LogP contribution in [-0.2, 0) is 9.47 Å². The first-order chi connectivity index (χ1) is 17.9. The predicted molar refractivity (Wildman–Crippen MR) is 144 cm³/mol. The monoisotopic (exact) mass is 496 g/mol. The van der Waals surface area contributed by atoms with Crippen LogP contribution in [0.15, 0.2) is 116 Å². The van der Waals surface area contributed by atoms with Crippen molar-refractivity contribution in [2.45, 2.75) is 25.0 Å². The number of allylic oxidation sites excluding steroid dienone is 2. The first-order valence-corrected chi connectivity index (χ1v) is 12.2. The predicted octanol–water partition coefficient (Wildman–Crippen LogP) is 7.63. The Labute approximate surface area is 217 Å². The van der Waals surface area contributed by atoms with Gasteiger partial charge in [0.25, 0.3) is 0 Å². The molecule has 2 fully saturated rings. The smallest absolute Gasteiger partial charge is 0.137 e. The normalized spacial score (nSPS) is 19.1. The number of benzene rings is 3. The summed E-state index contributed by atoms with van der Waals surface area (Å²) in [6.45, 7) is 16.3. The molecule has 0 amide bonds. The van der Waals surface area contributed by atoms with Crippen LogP contribution in [0.3, 0.4) is 0 Å². The number of ether oxygens (including phenoxy) is 4. The minimum Gasteiger partial charge on any atom is -0.490 e. The molecular formula is C32H29FO4. The van der Waals surface area contributed by atoms with Crippen molar-refractivity contribution in [2.24, 2.45) is 0 Å². The van der Waals surface area contributed by atoms with Gasteiger partial charge in [-0.25, -0.2) is 4.39 Å². The van der Waals surface area contributed by atoms with Crippen LogP contribution in [0.4, 0.5) is 4.39 Å². The van der Waals surface area contributed by atoms with Crippen molar-refractivity contribution < 1.29 is 23.3 Å². The van der Waals surface area contributed by atoms with Gasteiger partial charge in [0.2, 0.25) is 0 Å². The highest BCUT2D eigenvalue weighted by molar-refractivity contribution is 5.71. The fourth-order valence-electron chi connectivity index (χ4n) is 4.40. The lowest BCUT2D eigenvalue weighted by Crippen LogP contribution is -2.15. The van der Waals surface area contributed by atoms with E-state index >= 15 is 4.39 Å². The third kappa shape index (κ3) is 5.61. The van der Waals surface area contributed by atoms with Gasteiger partial charge in [-0.3, -0.25) is 0 Å². The first-order valence-electron chi connectivity index (χ1n) is 12.2. The van der Waals surface area contributed by atoms with Crippen LogP contribution in [0.25, 0.3) is 22.3 Å². The molecule has 3 aromatic carbocycles. The fraction of sp³-hybridized carbons (Fsp3) is 0.188. The molecule has 5 rings (SSSR count). The van der Waals surface area contributed by atoms with E-state index in [1.54, 1.807) is 12.1 Å². The second-order valence-electron chi connectivity index (χ2n) is 9.31. The largest absolute Gasteiger partial charge is 0.490 e. The van der Waals surface area contributed by atoms with E-state index in [9.17, 15) is 0 Å². The quantitative estimate of drug-likeness (QED) is 0.321. The molecule has 5 heteroatoms. The van der Waals surface area contributed by atoms with Crippen LogP contribution < -0.4 is 9.47 Å². The molecule has 3 aromatic rings. The lowest BCUT2D eigenvalue weighted by molar-refractivity contribution is 0.103. The second kappa shape index (κ2) is 10.4. The molecule has 2 saturated heterocycles. The lowest BCUT2D eigenvalue weighted by atomic mass is 9.99. The van der Waals surface area contributed by atoms with E-state index in [-0.39, 0.29) is 18.0 Å². The summed E-state index contributed by atoms with van der Waals surface area (Å²) in [6.07, 6.45) is 1.30. The molecule has 0 saturated carbocycles. The number of hydrogen-bond donors (Lipinski definition) is 0. The van der Waals surface area contributed by atoms with Crippen LogP contribution in [0.5, 0.6) is 11.5 Å². The van der Waals surface area contributed by atoms with Crippen molar-refractivity contribution in [1.29, 1.82) is 0 Å². The molecule has 188 valence electrons. The summed E-state index contributed by atoms with van der Waals surface area (Å²) in [7, 11) is 0. The first kappa shape index (κ1) is 24.4. The number of halogens is 1. The molecule has 2 heterocycles. The Morgan fingerprint density at radius 2 is 1.11 bits per heavy atom. The van der Waals surface area contributed by atoms with Gasteiger partial charge >= 0.3 is 0 Å². The molecule has 37 heavy (non-hydrogen) atoms. The van der Waals surface area contributed by atoms with Crippen LogP contribution in [-0.4, -0.2) is 25.4 Å². The Morgan fingerprint density at radius 1 is 0.649 bits per heavy atom. The van der Waals surface area contributed by atoms with Crippen molar-refractivity contribution in [2.75, 3.05) is 13.2 Å². The highest BCUT2D eigenvalue weighted by atomic mass is 19.1. The van der Waals surface area contributed by atoms with Crippen molar-refractivity contribution in [1.82, 2.24) is 0 Å². The van der Waals surface area contributed by atoms with Gasteiger partial charge in [0.05, 0.1) is 0 Å². The SMILES string of the molecule is C=C1CC(COc2ccc(-c3ccc(-c4ccc(OCC5CC(=C)C(=C)O5)cc4)c(F)c3)cc2)OC1=C. The Morgan fingerprint density at radius 3 is 1.54 bits per heavy atom. The molecule has 0 spiro atoms. The van der Waals surface area contributed by atoms with Crippen LogP contribution in [0.2, 0.25) is 0 Å². The van der Waals surface area contributed by atoms with Crippen molar-refractivity contribution in [3.8, 4) is 33.8 Å². The van der Waals surface area contributed by atoms with E-state index < -0.39 is 0 Å². The molecule has 4 nitrogen and oxygen atoms in total. The standard InChI is InChI=1S/C32H29FO4/c1-20-15-29(36-22(20)3)18-34-27-10-5-24(6-11-27)26-9-14-31(32(33)17-26)25-7-12-28(13-8-25)35-19-30-16-21(2)23(4)37-30/h5-14,17,29-30H,1-4,15-16,18-19H2. The van der Waals surface area contributed by atoms with Gasteiger partial charge in [0.15, 0.2) is 0 Å². The molecule has 2 unspecified atom stereocenters. The number of hydrogen-bond acceptors (Lipinski definition) is 4. The lowest BCUT2D eigenvalue weighted by Gasteiger charge is -2.13. The molecule has 2 atom stereocenters. The maximum Gasteiger partial charge on any atom is 0.137 e. The zero-order valence-electron chi connectivity index (χ0n) is 20.7. The zero-order chi connectivity index (χ0) is 25.9. The van der Waals surface area contributed by atoms with Crippen molar-refractivity contribution in [3.05, 3.63) is 122 Å². The molecule has 0 bridgehead atoms. The minimum atomic E-state index is -0.290. The maximum absolute atomic E-state index is 15.1. The van der Waals surface area contributed by atoms with Gasteiger partial charge in [-0.1, -0.05) is 62.7 Å². The van der Waals surface area contributed by atoms with Gasteiger partial charge < -0.3 is 18.9 Å². The van der Waals surface area contributed by atoms with Gasteiger partial charge in [0, 0.05) is 18.4 Å². The molecule has 2 aliphatic heterocycles. The highest BCUT2D eigenvalue weighted by Gasteiger charge is 2.24. The van der Waals surface area contributed by atoms with E-state index in [0.717, 1.165) is 40.0 Å². The maximum atomic E-state index is 15.1. The molecule has 0 aromatic heterocycles. The third-order valence-electron chi connectivity index (χ3n) is 6.55. The van der Waals surface area contributed by atoms with Gasteiger partial charge in [-0.2, -0.15) is 0 Å². The summed E-state index contributed by atoms with van der Waals surface area (Å²) in [5, 5.41) is 0. The second-order valence-corrected chi connectivity index (χ2v) is 9.31. The van der Waals surface area contributed by atoms with Crippen molar-refractivity contribution >= 4 is 0 Å². The topological polar surface area (TPSA) is 36.9 Å². The minimum absolute atomic E-state index is 0.0656. The Balaban J connectivity index is 1.19. The van der Waals surface area contributed by atoms with E-state index in [1.807, 2.05) is 54.6 Å². The third-order valence-corrected chi connectivity index (χ3v) is 6.55. The molecule has 0 N–H and O–H groups in total. The molecule has 2 aliphatic rings. The van der Waals surface area contributed by atoms with Gasteiger partial charge in [-0.15, -0.1) is 0 Å². The Kier molecular flexibility index (Phi) is 6.87. The summed E-state index contributed by atoms with van der Waals surface area (Å²) in [5.74, 6) is 2.39. The van der Waals surface area contributed by atoms with Crippen LogP contribution >= 0.6 is 0 Å².